The van der Waals surface area contributed by atoms with Gasteiger partial charge in [0, 0.05) is 6.20 Å². The molecule has 2 aromatic heterocycles. The fourth-order valence-corrected chi connectivity index (χ4v) is 1.74. The number of nitrogens with one attached hydrogen (secondary N) is 1. The van der Waals surface area contributed by atoms with Crippen molar-refractivity contribution in [3.8, 4) is 5.88 Å². The molecule has 0 spiro atoms. The minimum Gasteiger partial charge on any atom is -0.480 e. The highest BCUT2D eigenvalue weighted by atomic mass is 79.9. The lowest BCUT2D eigenvalue weighted by atomic mass is 10.3. The molecule has 0 fully saturated rings. The van der Waals surface area contributed by atoms with Crippen LogP contribution in [0.15, 0.2) is 33.5 Å². The number of ether oxygens (including phenoxy) is 1. The van der Waals surface area contributed by atoms with Crippen molar-refractivity contribution in [2.45, 2.75) is 6.92 Å². The Morgan fingerprint density at radius 2 is 2.28 bits per heavy atom. The van der Waals surface area contributed by atoms with E-state index in [-0.39, 0.29) is 11.7 Å². The van der Waals surface area contributed by atoms with Gasteiger partial charge in [0.2, 0.25) is 5.88 Å². The van der Waals surface area contributed by atoms with Crippen LogP contribution < -0.4 is 10.1 Å². The van der Waals surface area contributed by atoms with Gasteiger partial charge in [-0.1, -0.05) is 0 Å². The number of nitrogens with zero attached hydrogens (tertiary/aromatic N) is 1. The van der Waals surface area contributed by atoms with E-state index in [1.807, 2.05) is 6.92 Å². The third-order valence-corrected chi connectivity index (χ3v) is 2.65. The second kappa shape index (κ2) is 5.22. The fraction of sp³-hybridized carbons (Fsp3) is 0.167. The van der Waals surface area contributed by atoms with Crippen LogP contribution in [-0.2, 0) is 0 Å². The van der Waals surface area contributed by atoms with Gasteiger partial charge in [-0.2, -0.15) is 0 Å². The van der Waals surface area contributed by atoms with E-state index in [4.69, 9.17) is 9.15 Å². The van der Waals surface area contributed by atoms with E-state index in [9.17, 15) is 4.79 Å². The van der Waals surface area contributed by atoms with E-state index >= 15 is 0 Å². The van der Waals surface area contributed by atoms with Gasteiger partial charge in [-0.05, 0) is 46.6 Å². The van der Waals surface area contributed by atoms with E-state index in [0.29, 0.717) is 16.2 Å². The van der Waals surface area contributed by atoms with Gasteiger partial charge in [-0.3, -0.25) is 4.79 Å². The number of furan rings is 1. The molecule has 0 aliphatic carbocycles. The number of halogens is 1. The zero-order valence-corrected chi connectivity index (χ0v) is 11.4. The number of hydrogen-bond acceptors (Lipinski definition) is 4. The second-order valence-corrected chi connectivity index (χ2v) is 4.41. The van der Waals surface area contributed by atoms with E-state index in [1.54, 1.807) is 24.4 Å². The highest BCUT2D eigenvalue weighted by molar-refractivity contribution is 9.10. The largest absolute Gasteiger partial charge is 0.480 e. The fourth-order valence-electron chi connectivity index (χ4n) is 1.43. The molecule has 2 aromatic rings. The third-order valence-electron chi connectivity index (χ3n) is 2.23. The molecule has 0 radical (unpaired) electrons. The Hall–Kier alpha value is -1.82. The normalized spacial score (nSPS) is 10.2. The maximum absolute atomic E-state index is 11.9. The molecular formula is C12H11BrN2O3. The Balaban J connectivity index is 2.23. The average molecular weight is 311 g/mol. The predicted octanol–water partition coefficient (Wildman–Crippen LogP) is 3.01. The molecule has 5 nitrogen and oxygen atoms in total. The minimum atomic E-state index is -0.355. The first-order valence-corrected chi connectivity index (χ1v) is 5.97. The summed E-state index contributed by atoms with van der Waals surface area (Å²) >= 11 is 3.14. The molecule has 2 rings (SSSR count). The maximum Gasteiger partial charge on any atom is 0.291 e. The number of carbonyl (C=O) groups is 1. The number of anilines is 1. The van der Waals surface area contributed by atoms with E-state index in [0.717, 1.165) is 5.56 Å². The van der Waals surface area contributed by atoms with Crippen molar-refractivity contribution in [1.82, 2.24) is 4.98 Å². The van der Waals surface area contributed by atoms with Crippen molar-refractivity contribution in [2.24, 2.45) is 0 Å². The lowest BCUT2D eigenvalue weighted by molar-refractivity contribution is 0.0995. The predicted molar refractivity (Wildman–Crippen MR) is 69.9 cm³/mol. The Labute approximate surface area is 112 Å². The van der Waals surface area contributed by atoms with Crippen molar-refractivity contribution in [1.29, 1.82) is 0 Å². The molecule has 0 saturated carbocycles. The molecule has 94 valence electrons. The summed E-state index contributed by atoms with van der Waals surface area (Å²) in [7, 11) is 1.50. The monoisotopic (exact) mass is 310 g/mol. The molecule has 0 aromatic carbocycles. The zero-order chi connectivity index (χ0) is 13.1. The first-order chi connectivity index (χ1) is 8.60. The number of rotatable bonds is 3. The zero-order valence-electron chi connectivity index (χ0n) is 9.86. The first-order valence-electron chi connectivity index (χ1n) is 5.17. The summed E-state index contributed by atoms with van der Waals surface area (Å²) in [6, 6.07) is 5.01. The van der Waals surface area contributed by atoms with Crippen LogP contribution in [-0.4, -0.2) is 18.0 Å². The number of amides is 1. The molecule has 0 atom stereocenters. The summed E-state index contributed by atoms with van der Waals surface area (Å²) in [4.78, 5) is 16.0. The van der Waals surface area contributed by atoms with Crippen LogP contribution in [0.3, 0.4) is 0 Å². The van der Waals surface area contributed by atoms with E-state index < -0.39 is 0 Å². The van der Waals surface area contributed by atoms with Gasteiger partial charge in [0.25, 0.3) is 5.91 Å². The van der Waals surface area contributed by atoms with Crippen LogP contribution in [0.5, 0.6) is 5.88 Å². The highest BCUT2D eigenvalue weighted by Crippen LogP contribution is 2.23. The summed E-state index contributed by atoms with van der Waals surface area (Å²) < 4.78 is 10.7. The molecule has 0 saturated heterocycles. The lowest BCUT2D eigenvalue weighted by Gasteiger charge is -2.08. The van der Waals surface area contributed by atoms with E-state index in [2.05, 4.69) is 26.2 Å². The number of methoxy groups -OCH3 is 1. The number of pyridine rings is 1. The molecule has 0 unspecified atom stereocenters. The standard InChI is InChI=1S/C12H11BrN2O3/c1-7-5-8(12(17-2)14-6-7)15-11(16)9-3-4-10(13)18-9/h3-6H,1-2H3,(H,15,16). The van der Waals surface area contributed by atoms with Crippen LogP contribution in [0.25, 0.3) is 0 Å². The van der Waals surface area contributed by atoms with Gasteiger partial charge in [0.05, 0.1) is 7.11 Å². The summed E-state index contributed by atoms with van der Waals surface area (Å²) in [5.41, 5.74) is 1.43. The van der Waals surface area contributed by atoms with Gasteiger partial charge >= 0.3 is 0 Å². The Morgan fingerprint density at radius 1 is 1.50 bits per heavy atom. The Morgan fingerprint density at radius 3 is 2.89 bits per heavy atom. The van der Waals surface area contributed by atoms with Crippen LogP contribution in [0.2, 0.25) is 0 Å². The molecule has 18 heavy (non-hydrogen) atoms. The van der Waals surface area contributed by atoms with E-state index in [1.165, 1.54) is 7.11 Å². The number of hydrogen-bond donors (Lipinski definition) is 1. The quantitative estimate of drug-likeness (QED) is 0.946. The first kappa shape index (κ1) is 12.6. The molecule has 0 aliphatic heterocycles. The second-order valence-electron chi connectivity index (χ2n) is 3.63. The van der Waals surface area contributed by atoms with Crippen molar-refractivity contribution in [3.05, 3.63) is 40.4 Å². The van der Waals surface area contributed by atoms with Crippen LogP contribution >= 0.6 is 15.9 Å². The van der Waals surface area contributed by atoms with Gasteiger partial charge in [0.1, 0.15) is 5.69 Å². The molecule has 1 N–H and O–H groups in total. The summed E-state index contributed by atoms with van der Waals surface area (Å²) in [6.45, 7) is 1.88. The van der Waals surface area contributed by atoms with Crippen molar-refractivity contribution < 1.29 is 13.9 Å². The minimum absolute atomic E-state index is 0.213. The molecule has 6 heteroatoms. The van der Waals surface area contributed by atoms with Crippen molar-refractivity contribution in [3.63, 3.8) is 0 Å². The van der Waals surface area contributed by atoms with Crippen molar-refractivity contribution >= 4 is 27.5 Å². The molecule has 0 bridgehead atoms. The Kier molecular flexibility index (Phi) is 3.66. The van der Waals surface area contributed by atoms with Gasteiger partial charge in [-0.15, -0.1) is 0 Å². The highest BCUT2D eigenvalue weighted by Gasteiger charge is 2.14. The maximum atomic E-state index is 11.9. The molecule has 1 amide bonds. The van der Waals surface area contributed by atoms with Gasteiger partial charge in [-0.25, -0.2) is 4.98 Å². The summed E-state index contributed by atoms with van der Waals surface area (Å²) in [5.74, 6) is 0.219. The smallest absolute Gasteiger partial charge is 0.291 e. The van der Waals surface area contributed by atoms with Crippen LogP contribution in [0, 0.1) is 6.92 Å². The number of aromatic nitrogens is 1. The lowest BCUT2D eigenvalue weighted by Crippen LogP contribution is -2.12. The summed E-state index contributed by atoms with van der Waals surface area (Å²) in [5, 5.41) is 2.69. The molecule has 2 heterocycles. The van der Waals surface area contributed by atoms with Crippen LogP contribution in [0.1, 0.15) is 16.1 Å². The average Bonchev–Trinajstić information content (AvgIpc) is 2.76. The SMILES string of the molecule is COc1ncc(C)cc1NC(=O)c1ccc(Br)o1. The van der Waals surface area contributed by atoms with Crippen molar-refractivity contribution in [2.75, 3.05) is 12.4 Å². The van der Waals surface area contributed by atoms with Gasteiger partial charge < -0.3 is 14.5 Å². The topological polar surface area (TPSA) is 64.4 Å². The Bertz CT molecular complexity index is 580. The summed E-state index contributed by atoms with van der Waals surface area (Å²) in [6.07, 6.45) is 1.66. The van der Waals surface area contributed by atoms with Gasteiger partial charge in [0.15, 0.2) is 10.4 Å². The van der Waals surface area contributed by atoms with Crippen LogP contribution in [0.4, 0.5) is 5.69 Å². The number of aryl methyl sites for hydroxylation is 1. The molecular weight excluding hydrogens is 300 g/mol. The molecule has 0 aliphatic rings. The third kappa shape index (κ3) is 2.70. The number of carbonyl (C=O) groups excluding carboxylic acids is 1.